The number of aliphatic imine (C=N–C) groups is 1. The van der Waals surface area contributed by atoms with E-state index in [1.54, 1.807) is 0 Å². The van der Waals surface area contributed by atoms with Crippen molar-refractivity contribution < 1.29 is 13.2 Å². The molecular formula is C8H11ClN4O3S. The molecule has 0 aromatic rings. The molecule has 2 aliphatic rings. The minimum absolute atomic E-state index is 0.0584. The summed E-state index contributed by atoms with van der Waals surface area (Å²) < 4.78 is 22.8. The van der Waals surface area contributed by atoms with Gasteiger partial charge in [-0.1, -0.05) is 0 Å². The maximum Gasteiger partial charge on any atom is 0.240 e. The van der Waals surface area contributed by atoms with Crippen LogP contribution in [0, 0.1) is 0 Å². The smallest absolute Gasteiger partial charge is 0.240 e. The molecule has 0 aliphatic carbocycles. The number of nitrogens with zero attached hydrogens (tertiary/aromatic N) is 4. The first-order valence-corrected chi connectivity index (χ1v) is 7.38. The number of amides is 1. The molecule has 0 spiro atoms. The molecule has 0 bridgehead atoms. The highest BCUT2D eigenvalue weighted by Gasteiger charge is 2.38. The van der Waals surface area contributed by atoms with Gasteiger partial charge in [-0.2, -0.15) is 0 Å². The molecule has 94 valence electrons. The van der Waals surface area contributed by atoms with Gasteiger partial charge in [0.05, 0.1) is 17.5 Å². The van der Waals surface area contributed by atoms with Gasteiger partial charge in [0.25, 0.3) is 0 Å². The van der Waals surface area contributed by atoms with Gasteiger partial charge in [-0.05, 0) is 6.42 Å². The van der Waals surface area contributed by atoms with E-state index in [2.05, 4.69) is 15.2 Å². The third kappa shape index (κ3) is 2.63. The number of halogens is 1. The lowest BCUT2D eigenvalue weighted by molar-refractivity contribution is -0.132. The Labute approximate surface area is 103 Å². The molecule has 17 heavy (non-hydrogen) atoms. The van der Waals surface area contributed by atoms with Crippen LogP contribution in [0.4, 0.5) is 0 Å². The fourth-order valence-corrected chi connectivity index (χ4v) is 3.77. The van der Waals surface area contributed by atoms with Crippen molar-refractivity contribution in [2.24, 2.45) is 15.2 Å². The van der Waals surface area contributed by atoms with Gasteiger partial charge in [0.2, 0.25) is 12.2 Å². The summed E-state index contributed by atoms with van der Waals surface area (Å²) >= 11 is 5.51. The van der Waals surface area contributed by atoms with Gasteiger partial charge in [0.1, 0.15) is 12.2 Å². The maximum absolute atomic E-state index is 11.7. The van der Waals surface area contributed by atoms with Crippen molar-refractivity contribution in [2.75, 3.05) is 17.4 Å². The van der Waals surface area contributed by atoms with E-state index in [9.17, 15) is 13.2 Å². The van der Waals surface area contributed by atoms with Gasteiger partial charge in [-0.15, -0.1) is 21.8 Å². The zero-order valence-corrected chi connectivity index (χ0v) is 10.4. The molecule has 2 aliphatic heterocycles. The highest BCUT2D eigenvalue weighted by atomic mass is 35.5. The number of hydrogen-bond donors (Lipinski definition) is 0. The highest BCUT2D eigenvalue weighted by molar-refractivity contribution is 7.91. The van der Waals surface area contributed by atoms with E-state index in [1.807, 2.05) is 0 Å². The van der Waals surface area contributed by atoms with E-state index in [4.69, 9.17) is 11.6 Å². The van der Waals surface area contributed by atoms with Crippen LogP contribution in [0.2, 0.25) is 0 Å². The molecule has 0 N–H and O–H groups in total. The molecule has 0 unspecified atom stereocenters. The van der Waals surface area contributed by atoms with Crippen LogP contribution >= 0.6 is 11.6 Å². The van der Waals surface area contributed by atoms with Crippen molar-refractivity contribution in [1.82, 2.24) is 4.90 Å². The molecule has 0 aromatic heterocycles. The maximum atomic E-state index is 11.7. The van der Waals surface area contributed by atoms with Crippen LogP contribution in [0.3, 0.4) is 0 Å². The predicted molar refractivity (Wildman–Crippen MR) is 61.8 cm³/mol. The van der Waals surface area contributed by atoms with Gasteiger partial charge >= 0.3 is 0 Å². The molecule has 1 amide bonds. The predicted octanol–water partition coefficient (Wildman–Crippen LogP) is 0.0186. The molecular weight excluding hydrogens is 268 g/mol. The third-order valence-electron chi connectivity index (χ3n) is 2.67. The van der Waals surface area contributed by atoms with E-state index in [0.717, 1.165) is 0 Å². The molecule has 0 radical (unpaired) electrons. The second-order valence-corrected chi connectivity index (χ2v) is 6.33. The van der Waals surface area contributed by atoms with Crippen LogP contribution in [0.15, 0.2) is 15.2 Å². The Morgan fingerprint density at radius 1 is 1.53 bits per heavy atom. The second-order valence-electron chi connectivity index (χ2n) is 3.83. The van der Waals surface area contributed by atoms with Gasteiger partial charge in [-0.25, -0.2) is 13.4 Å². The lowest BCUT2D eigenvalue weighted by atomic mass is 10.2. The molecule has 1 saturated heterocycles. The first-order chi connectivity index (χ1) is 8.03. The van der Waals surface area contributed by atoms with Gasteiger partial charge in [0, 0.05) is 0 Å². The van der Waals surface area contributed by atoms with E-state index >= 15 is 0 Å². The van der Waals surface area contributed by atoms with Gasteiger partial charge in [0.15, 0.2) is 9.84 Å². The number of hydrogen-bond acceptors (Lipinski definition) is 6. The zero-order valence-electron chi connectivity index (χ0n) is 8.86. The molecule has 7 nitrogen and oxygen atoms in total. The van der Waals surface area contributed by atoms with E-state index in [1.165, 1.54) is 11.2 Å². The fraction of sp³-hybridized carbons (Fsp3) is 0.750. The zero-order chi connectivity index (χ0) is 12.5. The Bertz CT molecular complexity index is 463. The number of carbonyl (C=O) groups is 1. The van der Waals surface area contributed by atoms with E-state index in [-0.39, 0.29) is 23.3 Å². The summed E-state index contributed by atoms with van der Waals surface area (Å²) in [6.45, 7) is 0. The van der Waals surface area contributed by atoms with Crippen LogP contribution < -0.4 is 0 Å². The monoisotopic (exact) mass is 278 g/mol. The largest absolute Gasteiger partial charge is 0.295 e. The molecule has 2 rings (SSSR count). The lowest BCUT2D eigenvalue weighted by Crippen LogP contribution is -2.46. The Balaban J connectivity index is 2.19. The number of carbonyl (C=O) groups excluding carboxylic acids is 1. The molecule has 2 atom stereocenters. The van der Waals surface area contributed by atoms with Crippen LogP contribution in [0.5, 0.6) is 0 Å². The van der Waals surface area contributed by atoms with Gasteiger partial charge in [-0.3, -0.25) is 9.69 Å². The van der Waals surface area contributed by atoms with Crippen molar-refractivity contribution >= 4 is 33.7 Å². The topological polar surface area (TPSA) is 91.5 Å². The second kappa shape index (κ2) is 4.69. The number of sulfone groups is 1. The van der Waals surface area contributed by atoms with E-state index < -0.39 is 22.2 Å². The Hall–Kier alpha value is -1.02. The van der Waals surface area contributed by atoms with Crippen LogP contribution in [-0.2, 0) is 14.6 Å². The summed E-state index contributed by atoms with van der Waals surface area (Å²) in [5.41, 5.74) is 0. The highest BCUT2D eigenvalue weighted by Crippen LogP contribution is 2.22. The summed E-state index contributed by atoms with van der Waals surface area (Å²) in [6, 6.07) is -0.412. The SMILES string of the molecule is O=C(CCl)N([C@@H]1CCS(=O)(=O)C1)[C@@H]1N=CN=N1. The molecule has 9 heteroatoms. The Morgan fingerprint density at radius 2 is 2.29 bits per heavy atom. The minimum Gasteiger partial charge on any atom is -0.295 e. The summed E-state index contributed by atoms with van der Waals surface area (Å²) in [5.74, 6) is -0.580. The number of azo groups is 1. The quantitative estimate of drug-likeness (QED) is 0.681. The summed E-state index contributed by atoms with van der Waals surface area (Å²) in [4.78, 5) is 16.9. The molecule has 0 aromatic carbocycles. The average Bonchev–Trinajstić information content (AvgIpc) is 2.89. The molecule has 0 saturated carbocycles. The Morgan fingerprint density at radius 3 is 2.76 bits per heavy atom. The first-order valence-electron chi connectivity index (χ1n) is 5.02. The number of rotatable bonds is 3. The van der Waals surface area contributed by atoms with Crippen molar-refractivity contribution in [2.45, 2.75) is 18.8 Å². The van der Waals surface area contributed by atoms with Crippen molar-refractivity contribution in [3.05, 3.63) is 0 Å². The average molecular weight is 279 g/mol. The van der Waals surface area contributed by atoms with Crippen molar-refractivity contribution in [3.63, 3.8) is 0 Å². The fourth-order valence-electron chi connectivity index (χ4n) is 1.92. The third-order valence-corrected chi connectivity index (χ3v) is 4.65. The summed E-state index contributed by atoms with van der Waals surface area (Å²) in [7, 11) is -3.07. The first kappa shape index (κ1) is 12.4. The number of alkyl halides is 1. The summed E-state index contributed by atoms with van der Waals surface area (Å²) in [6.07, 6.45) is 0.870. The van der Waals surface area contributed by atoms with Crippen molar-refractivity contribution in [3.8, 4) is 0 Å². The Kier molecular flexibility index (Phi) is 3.43. The van der Waals surface area contributed by atoms with Crippen LogP contribution in [0.25, 0.3) is 0 Å². The standard InChI is InChI=1S/C8H11ClN4O3S/c9-3-7(14)13(8-10-5-11-12-8)6-1-2-17(15,16)4-6/h5-6,8H,1-4H2/t6-,8-/m1/s1. The van der Waals surface area contributed by atoms with Crippen LogP contribution in [-0.4, -0.2) is 55.3 Å². The molecule has 1 fully saturated rings. The van der Waals surface area contributed by atoms with Crippen LogP contribution in [0.1, 0.15) is 6.42 Å². The van der Waals surface area contributed by atoms with Crippen molar-refractivity contribution in [1.29, 1.82) is 0 Å². The van der Waals surface area contributed by atoms with E-state index in [0.29, 0.717) is 6.42 Å². The van der Waals surface area contributed by atoms with Gasteiger partial charge < -0.3 is 0 Å². The summed E-state index contributed by atoms with van der Waals surface area (Å²) in [5, 5.41) is 7.31. The normalized spacial score (nSPS) is 29.7. The molecule has 2 heterocycles. The lowest BCUT2D eigenvalue weighted by Gasteiger charge is -2.28. The minimum atomic E-state index is -3.07.